The van der Waals surface area contributed by atoms with Crippen molar-refractivity contribution in [3.8, 4) is 0 Å². The van der Waals surface area contributed by atoms with Crippen LogP contribution in [0.2, 0.25) is 0 Å². The molecule has 0 bridgehead atoms. The van der Waals surface area contributed by atoms with Gasteiger partial charge in [0.2, 0.25) is 5.13 Å². The van der Waals surface area contributed by atoms with Gasteiger partial charge in [-0.3, -0.25) is 4.79 Å². The summed E-state index contributed by atoms with van der Waals surface area (Å²) < 4.78 is 0.754. The molecule has 0 aliphatic carbocycles. The Kier molecular flexibility index (Phi) is 5.98. The monoisotopic (exact) mass is 367 g/mol. The van der Waals surface area contributed by atoms with Crippen LogP contribution >= 0.6 is 23.1 Å². The van der Waals surface area contributed by atoms with Crippen molar-refractivity contribution in [3.63, 3.8) is 0 Å². The van der Waals surface area contributed by atoms with E-state index in [-0.39, 0.29) is 11.0 Å². The fraction of sp³-hybridized carbons (Fsp3) is 0.105. The van der Waals surface area contributed by atoms with Gasteiger partial charge in [-0.15, -0.1) is 16.8 Å². The summed E-state index contributed by atoms with van der Waals surface area (Å²) in [6, 6.07) is 19.1. The molecule has 0 saturated heterocycles. The maximum Gasteiger partial charge on any atom is 0.206 e. The molecular formula is C19H17N3OS2. The highest BCUT2D eigenvalue weighted by Gasteiger charge is 2.24. The van der Waals surface area contributed by atoms with E-state index in [1.807, 2.05) is 60.7 Å². The first-order chi connectivity index (χ1) is 12.3. The Morgan fingerprint density at radius 3 is 2.48 bits per heavy atom. The normalized spacial score (nSPS) is 11.7. The van der Waals surface area contributed by atoms with Crippen LogP contribution in [0.5, 0.6) is 0 Å². The molecule has 0 radical (unpaired) electrons. The smallest absolute Gasteiger partial charge is 0.206 e. The third kappa shape index (κ3) is 4.55. The highest BCUT2D eigenvalue weighted by Crippen LogP contribution is 2.39. The van der Waals surface area contributed by atoms with Crippen LogP contribution in [0.15, 0.2) is 77.7 Å². The predicted octanol–water partition coefficient (Wildman–Crippen LogP) is 4.85. The molecule has 3 rings (SSSR count). The Labute approximate surface area is 155 Å². The summed E-state index contributed by atoms with van der Waals surface area (Å²) in [5, 5.41) is 11.8. The molecule has 0 saturated carbocycles. The van der Waals surface area contributed by atoms with Gasteiger partial charge >= 0.3 is 0 Å². The van der Waals surface area contributed by atoms with Gasteiger partial charge < -0.3 is 5.32 Å². The van der Waals surface area contributed by atoms with E-state index >= 15 is 0 Å². The quantitative estimate of drug-likeness (QED) is 0.350. The van der Waals surface area contributed by atoms with Gasteiger partial charge in [-0.2, -0.15) is 0 Å². The highest BCUT2D eigenvalue weighted by atomic mass is 32.2. The highest BCUT2D eigenvalue weighted by molar-refractivity contribution is 8.02. The van der Waals surface area contributed by atoms with Gasteiger partial charge in [-0.25, -0.2) is 0 Å². The van der Waals surface area contributed by atoms with Crippen LogP contribution in [-0.4, -0.2) is 22.5 Å². The lowest BCUT2D eigenvalue weighted by Crippen LogP contribution is -2.09. The van der Waals surface area contributed by atoms with Crippen LogP contribution in [0.25, 0.3) is 0 Å². The maximum absolute atomic E-state index is 13.0. The summed E-state index contributed by atoms with van der Waals surface area (Å²) in [6.07, 6.45) is 1.76. The van der Waals surface area contributed by atoms with Crippen molar-refractivity contribution in [2.24, 2.45) is 0 Å². The standard InChI is InChI=1S/C19H17N3OS2/c1-2-13-20-18-21-22-19(25-18)24-17(15-11-7-4-8-12-15)16(23)14-9-5-3-6-10-14/h2-12,17H,1,13H2,(H,20,21)/t17-/m0/s1. The molecule has 0 aliphatic rings. The first-order valence-corrected chi connectivity index (χ1v) is 9.46. The van der Waals surface area contributed by atoms with Crippen molar-refractivity contribution in [1.29, 1.82) is 0 Å². The average molecular weight is 367 g/mol. The van der Waals surface area contributed by atoms with Crippen LogP contribution in [0.4, 0.5) is 5.13 Å². The third-order valence-electron chi connectivity index (χ3n) is 3.42. The molecule has 0 unspecified atom stereocenters. The molecule has 0 amide bonds. The zero-order chi connectivity index (χ0) is 17.5. The summed E-state index contributed by atoms with van der Waals surface area (Å²) in [4.78, 5) is 13.0. The fourth-order valence-corrected chi connectivity index (χ4v) is 4.27. The van der Waals surface area contributed by atoms with Gasteiger partial charge in [0.1, 0.15) is 0 Å². The third-order valence-corrected chi connectivity index (χ3v) is 5.64. The maximum atomic E-state index is 13.0. The van der Waals surface area contributed by atoms with Gasteiger partial charge in [0.25, 0.3) is 0 Å². The number of thioether (sulfide) groups is 1. The lowest BCUT2D eigenvalue weighted by molar-refractivity contribution is 0.0989. The number of nitrogens with zero attached hydrogens (tertiary/aromatic N) is 2. The molecular weight excluding hydrogens is 350 g/mol. The average Bonchev–Trinajstić information content (AvgIpc) is 3.13. The van der Waals surface area contributed by atoms with Gasteiger partial charge in [0, 0.05) is 12.1 Å². The van der Waals surface area contributed by atoms with E-state index < -0.39 is 0 Å². The van der Waals surface area contributed by atoms with Gasteiger partial charge in [-0.1, -0.05) is 89.8 Å². The number of carbonyl (C=O) groups excluding carboxylic acids is 1. The Bertz CT molecular complexity index is 834. The number of Topliss-reactive ketones (excluding diaryl/α,β-unsaturated/α-hetero) is 1. The number of nitrogens with one attached hydrogen (secondary N) is 1. The second kappa shape index (κ2) is 8.60. The summed E-state index contributed by atoms with van der Waals surface area (Å²) in [6.45, 7) is 4.30. The van der Waals surface area contributed by atoms with E-state index in [9.17, 15) is 4.79 Å². The molecule has 25 heavy (non-hydrogen) atoms. The molecule has 126 valence electrons. The van der Waals surface area contributed by atoms with E-state index in [0.717, 1.165) is 15.0 Å². The number of hydrogen-bond donors (Lipinski definition) is 1. The van der Waals surface area contributed by atoms with E-state index in [4.69, 9.17) is 0 Å². The van der Waals surface area contributed by atoms with Crippen molar-refractivity contribution in [2.45, 2.75) is 9.59 Å². The SMILES string of the molecule is C=CCNc1nnc(S[C@H](C(=O)c2ccccc2)c2ccccc2)s1. The van der Waals surface area contributed by atoms with E-state index in [2.05, 4.69) is 22.1 Å². The van der Waals surface area contributed by atoms with Crippen LogP contribution in [0, 0.1) is 0 Å². The minimum Gasteiger partial charge on any atom is -0.357 e. The lowest BCUT2D eigenvalue weighted by Gasteiger charge is -2.14. The minimum absolute atomic E-state index is 0.0626. The van der Waals surface area contributed by atoms with Crippen LogP contribution in [0.3, 0.4) is 0 Å². The molecule has 0 aliphatic heterocycles. The second-order valence-corrected chi connectivity index (χ2v) is 7.51. The van der Waals surface area contributed by atoms with Crippen molar-refractivity contribution < 1.29 is 4.79 Å². The molecule has 2 aromatic carbocycles. The number of ketones is 1. The van der Waals surface area contributed by atoms with Gasteiger partial charge in [0.05, 0.1) is 5.25 Å². The zero-order valence-corrected chi connectivity index (χ0v) is 15.1. The Morgan fingerprint density at radius 1 is 1.12 bits per heavy atom. The minimum atomic E-state index is -0.358. The van der Waals surface area contributed by atoms with Crippen molar-refractivity contribution in [3.05, 3.63) is 84.4 Å². The van der Waals surface area contributed by atoms with Crippen molar-refractivity contribution >= 4 is 34.0 Å². The first kappa shape index (κ1) is 17.4. The zero-order valence-electron chi connectivity index (χ0n) is 13.5. The Balaban J connectivity index is 1.85. The topological polar surface area (TPSA) is 54.9 Å². The second-order valence-electron chi connectivity index (χ2n) is 5.18. The molecule has 1 heterocycles. The largest absolute Gasteiger partial charge is 0.357 e. The molecule has 1 aromatic heterocycles. The fourth-order valence-electron chi connectivity index (χ4n) is 2.24. The number of aromatic nitrogens is 2. The summed E-state index contributed by atoms with van der Waals surface area (Å²) >= 11 is 2.87. The molecule has 4 nitrogen and oxygen atoms in total. The number of benzene rings is 2. The Hall–Kier alpha value is -2.44. The number of hydrogen-bond acceptors (Lipinski definition) is 6. The number of rotatable bonds is 8. The number of anilines is 1. The van der Waals surface area contributed by atoms with E-state index in [1.165, 1.54) is 23.1 Å². The Morgan fingerprint density at radius 2 is 1.80 bits per heavy atom. The molecule has 1 atom stereocenters. The molecule has 1 N–H and O–H groups in total. The van der Waals surface area contributed by atoms with Crippen molar-refractivity contribution in [1.82, 2.24) is 10.2 Å². The predicted molar refractivity (Wildman–Crippen MR) is 104 cm³/mol. The molecule has 3 aromatic rings. The van der Waals surface area contributed by atoms with Gasteiger partial charge in [0.15, 0.2) is 10.1 Å². The summed E-state index contributed by atoms with van der Waals surface area (Å²) in [5.74, 6) is 0.0626. The summed E-state index contributed by atoms with van der Waals surface area (Å²) in [7, 11) is 0. The van der Waals surface area contributed by atoms with Crippen LogP contribution < -0.4 is 5.32 Å². The van der Waals surface area contributed by atoms with Crippen molar-refractivity contribution in [2.75, 3.05) is 11.9 Å². The van der Waals surface area contributed by atoms with Crippen LogP contribution in [-0.2, 0) is 0 Å². The van der Waals surface area contributed by atoms with Crippen LogP contribution in [0.1, 0.15) is 21.2 Å². The lowest BCUT2D eigenvalue weighted by atomic mass is 10.0. The molecule has 6 heteroatoms. The number of carbonyl (C=O) groups is 1. The van der Waals surface area contributed by atoms with Gasteiger partial charge in [-0.05, 0) is 5.56 Å². The molecule has 0 spiro atoms. The van der Waals surface area contributed by atoms with E-state index in [0.29, 0.717) is 12.1 Å². The summed E-state index contributed by atoms with van der Waals surface area (Å²) in [5.41, 5.74) is 1.65. The molecule has 0 fully saturated rings. The first-order valence-electron chi connectivity index (χ1n) is 7.77. The van der Waals surface area contributed by atoms with E-state index in [1.54, 1.807) is 6.08 Å².